The summed E-state index contributed by atoms with van der Waals surface area (Å²) in [5.74, 6) is 0. The first-order chi connectivity index (χ1) is 6.75. The second kappa shape index (κ2) is 4.60. The molecule has 2 aliphatic rings. The molecule has 3 nitrogen and oxygen atoms in total. The van der Waals surface area contributed by atoms with Gasteiger partial charge in [0.15, 0.2) is 0 Å². The standard InChI is InChI=1S/C11H23N3/c1-13-7-5-11(9-13)14(2)8-6-12-10-3-4-10/h10-12H,3-9H2,1-2H3. The van der Waals surface area contributed by atoms with Gasteiger partial charge in [0.1, 0.15) is 0 Å². The average molecular weight is 197 g/mol. The summed E-state index contributed by atoms with van der Waals surface area (Å²) < 4.78 is 0. The summed E-state index contributed by atoms with van der Waals surface area (Å²) in [6.07, 6.45) is 4.14. The number of rotatable bonds is 5. The Kier molecular flexibility index (Phi) is 3.42. The van der Waals surface area contributed by atoms with Gasteiger partial charge in [0.2, 0.25) is 0 Å². The summed E-state index contributed by atoms with van der Waals surface area (Å²) >= 11 is 0. The van der Waals surface area contributed by atoms with E-state index in [1.54, 1.807) is 0 Å². The number of nitrogens with one attached hydrogen (secondary N) is 1. The highest BCUT2D eigenvalue weighted by molar-refractivity contribution is 4.83. The van der Waals surface area contributed by atoms with Gasteiger partial charge in [-0.3, -0.25) is 0 Å². The van der Waals surface area contributed by atoms with E-state index in [9.17, 15) is 0 Å². The Balaban J connectivity index is 1.59. The van der Waals surface area contributed by atoms with Crippen LogP contribution in [0.15, 0.2) is 0 Å². The molecular weight excluding hydrogens is 174 g/mol. The third-order valence-electron chi connectivity index (χ3n) is 3.46. The van der Waals surface area contributed by atoms with E-state index >= 15 is 0 Å². The molecule has 0 aromatic heterocycles. The fourth-order valence-corrected chi connectivity index (χ4v) is 2.19. The Hall–Kier alpha value is -0.120. The minimum atomic E-state index is 0.793. The predicted octanol–water partition coefficient (Wildman–Crippen LogP) is 0.374. The van der Waals surface area contributed by atoms with Gasteiger partial charge in [-0.2, -0.15) is 0 Å². The number of hydrogen-bond donors (Lipinski definition) is 1. The van der Waals surface area contributed by atoms with Crippen molar-refractivity contribution >= 4 is 0 Å². The summed E-state index contributed by atoms with van der Waals surface area (Å²) in [5, 5.41) is 3.57. The Bertz CT molecular complexity index is 179. The predicted molar refractivity (Wildman–Crippen MR) is 59.6 cm³/mol. The van der Waals surface area contributed by atoms with Crippen molar-refractivity contribution in [1.82, 2.24) is 15.1 Å². The third kappa shape index (κ3) is 2.94. The van der Waals surface area contributed by atoms with Crippen molar-refractivity contribution in [2.24, 2.45) is 0 Å². The molecular formula is C11H23N3. The molecule has 1 unspecified atom stereocenters. The molecule has 0 aromatic rings. The van der Waals surface area contributed by atoms with Crippen molar-refractivity contribution in [3.63, 3.8) is 0 Å². The van der Waals surface area contributed by atoms with Gasteiger partial charge in [-0.15, -0.1) is 0 Å². The smallest absolute Gasteiger partial charge is 0.0232 e. The van der Waals surface area contributed by atoms with Crippen molar-refractivity contribution in [2.75, 3.05) is 40.3 Å². The van der Waals surface area contributed by atoms with Gasteiger partial charge in [0, 0.05) is 31.7 Å². The van der Waals surface area contributed by atoms with Crippen molar-refractivity contribution in [2.45, 2.75) is 31.3 Å². The lowest BCUT2D eigenvalue weighted by Crippen LogP contribution is -2.38. The zero-order chi connectivity index (χ0) is 9.97. The van der Waals surface area contributed by atoms with Crippen LogP contribution in [0.25, 0.3) is 0 Å². The van der Waals surface area contributed by atoms with Gasteiger partial charge < -0.3 is 15.1 Å². The topological polar surface area (TPSA) is 18.5 Å². The van der Waals surface area contributed by atoms with Crippen molar-refractivity contribution in [3.05, 3.63) is 0 Å². The Labute approximate surface area is 87.4 Å². The fourth-order valence-electron chi connectivity index (χ4n) is 2.19. The maximum absolute atomic E-state index is 3.57. The average Bonchev–Trinajstić information content (AvgIpc) is 2.87. The molecule has 1 saturated carbocycles. The van der Waals surface area contributed by atoms with Crippen LogP contribution < -0.4 is 5.32 Å². The van der Waals surface area contributed by atoms with Crippen LogP contribution >= 0.6 is 0 Å². The second-order valence-corrected chi connectivity index (χ2v) is 4.91. The molecule has 2 fully saturated rings. The van der Waals surface area contributed by atoms with Crippen LogP contribution in [0.5, 0.6) is 0 Å². The van der Waals surface area contributed by atoms with Gasteiger partial charge in [-0.1, -0.05) is 0 Å². The molecule has 0 aromatic carbocycles. The lowest BCUT2D eigenvalue weighted by molar-refractivity contribution is 0.241. The Morgan fingerprint density at radius 1 is 1.36 bits per heavy atom. The lowest BCUT2D eigenvalue weighted by atomic mass is 10.2. The lowest BCUT2D eigenvalue weighted by Gasteiger charge is -2.24. The zero-order valence-corrected chi connectivity index (χ0v) is 9.50. The molecule has 3 heteroatoms. The first-order valence-electron chi connectivity index (χ1n) is 5.88. The van der Waals surface area contributed by atoms with E-state index in [-0.39, 0.29) is 0 Å². The van der Waals surface area contributed by atoms with Crippen LogP contribution in [0.2, 0.25) is 0 Å². The van der Waals surface area contributed by atoms with Gasteiger partial charge >= 0.3 is 0 Å². The highest BCUT2D eigenvalue weighted by Crippen LogP contribution is 2.18. The van der Waals surface area contributed by atoms with Gasteiger partial charge in [0.05, 0.1) is 0 Å². The van der Waals surface area contributed by atoms with E-state index in [1.807, 2.05) is 0 Å². The first-order valence-corrected chi connectivity index (χ1v) is 5.88. The van der Waals surface area contributed by atoms with Crippen LogP contribution in [0.4, 0.5) is 0 Å². The fraction of sp³-hybridized carbons (Fsp3) is 1.00. The normalized spacial score (nSPS) is 28.9. The van der Waals surface area contributed by atoms with Gasteiger partial charge in [-0.05, 0) is 39.9 Å². The number of nitrogens with zero attached hydrogens (tertiary/aromatic N) is 2. The molecule has 0 amide bonds. The number of likely N-dealkylation sites (tertiary alicyclic amines) is 1. The van der Waals surface area contributed by atoms with Crippen molar-refractivity contribution in [1.29, 1.82) is 0 Å². The summed E-state index contributed by atoms with van der Waals surface area (Å²) in [6.45, 7) is 4.89. The quantitative estimate of drug-likeness (QED) is 0.687. The Morgan fingerprint density at radius 2 is 2.14 bits per heavy atom. The third-order valence-corrected chi connectivity index (χ3v) is 3.46. The first kappa shape index (κ1) is 10.4. The van der Waals surface area contributed by atoms with Crippen LogP contribution in [0, 0.1) is 0 Å². The molecule has 0 radical (unpaired) electrons. The van der Waals surface area contributed by atoms with Crippen molar-refractivity contribution in [3.8, 4) is 0 Å². The molecule has 1 N–H and O–H groups in total. The van der Waals surface area contributed by atoms with E-state index in [2.05, 4.69) is 29.2 Å². The molecule has 0 bridgehead atoms. The summed E-state index contributed by atoms with van der Waals surface area (Å²) in [7, 11) is 4.48. The molecule has 2 rings (SSSR count). The van der Waals surface area contributed by atoms with E-state index in [0.29, 0.717) is 0 Å². The molecule has 0 spiro atoms. The van der Waals surface area contributed by atoms with Crippen LogP contribution in [-0.2, 0) is 0 Å². The molecule has 82 valence electrons. The highest BCUT2D eigenvalue weighted by Gasteiger charge is 2.24. The van der Waals surface area contributed by atoms with E-state index in [1.165, 1.54) is 45.4 Å². The van der Waals surface area contributed by atoms with E-state index in [4.69, 9.17) is 0 Å². The van der Waals surface area contributed by atoms with Crippen LogP contribution in [0.1, 0.15) is 19.3 Å². The maximum atomic E-state index is 3.57. The van der Waals surface area contributed by atoms with Gasteiger partial charge in [0.25, 0.3) is 0 Å². The molecule has 1 atom stereocenters. The minimum absolute atomic E-state index is 0.793. The monoisotopic (exact) mass is 197 g/mol. The van der Waals surface area contributed by atoms with Crippen LogP contribution in [-0.4, -0.2) is 62.2 Å². The summed E-state index contributed by atoms with van der Waals surface area (Å²) in [5.41, 5.74) is 0. The number of hydrogen-bond acceptors (Lipinski definition) is 3. The SMILES string of the molecule is CN1CCC(N(C)CCNC2CC2)C1. The van der Waals surface area contributed by atoms with Gasteiger partial charge in [-0.25, -0.2) is 0 Å². The highest BCUT2D eigenvalue weighted by atomic mass is 15.2. The molecule has 14 heavy (non-hydrogen) atoms. The Morgan fingerprint density at radius 3 is 2.71 bits per heavy atom. The largest absolute Gasteiger partial charge is 0.313 e. The van der Waals surface area contributed by atoms with Crippen LogP contribution in [0.3, 0.4) is 0 Å². The zero-order valence-electron chi connectivity index (χ0n) is 9.50. The molecule has 1 heterocycles. The van der Waals surface area contributed by atoms with E-state index < -0.39 is 0 Å². The summed E-state index contributed by atoms with van der Waals surface area (Å²) in [4.78, 5) is 4.94. The minimum Gasteiger partial charge on any atom is -0.313 e. The summed E-state index contributed by atoms with van der Waals surface area (Å²) in [6, 6.07) is 1.65. The molecule has 1 saturated heterocycles. The van der Waals surface area contributed by atoms with Crippen molar-refractivity contribution < 1.29 is 0 Å². The molecule has 1 aliphatic carbocycles. The maximum Gasteiger partial charge on any atom is 0.0232 e. The van der Waals surface area contributed by atoms with E-state index in [0.717, 1.165) is 12.1 Å². The number of likely N-dealkylation sites (N-methyl/N-ethyl adjacent to an activating group) is 2. The molecule has 1 aliphatic heterocycles. The second-order valence-electron chi connectivity index (χ2n) is 4.91.